The molecule has 0 radical (unpaired) electrons. The Labute approximate surface area is 195 Å². The molecule has 1 aliphatic heterocycles. The second kappa shape index (κ2) is 12.0. The number of ketones is 1. The number of hydrogen-bond acceptors (Lipinski definition) is 4. The van der Waals surface area contributed by atoms with Crippen molar-refractivity contribution in [3.63, 3.8) is 0 Å². The number of halogens is 2. The summed E-state index contributed by atoms with van der Waals surface area (Å²) < 4.78 is 2.11. The van der Waals surface area contributed by atoms with Gasteiger partial charge < -0.3 is 9.47 Å². The van der Waals surface area contributed by atoms with Crippen molar-refractivity contribution in [2.24, 2.45) is 0 Å². The fourth-order valence-corrected chi connectivity index (χ4v) is 4.11. The average molecular weight is 462 g/mol. The largest absolute Gasteiger partial charge is 0.345 e. The van der Waals surface area contributed by atoms with Crippen LogP contribution in [-0.2, 0) is 17.8 Å². The van der Waals surface area contributed by atoms with Gasteiger partial charge in [0, 0.05) is 62.9 Å². The van der Waals surface area contributed by atoms with E-state index in [0.717, 1.165) is 63.1 Å². The van der Waals surface area contributed by atoms with Crippen molar-refractivity contribution in [2.45, 2.75) is 13.0 Å². The number of hydrogen-bond donors (Lipinski definition) is 0. The Balaban J connectivity index is 0.00000171. The molecule has 166 valence electrons. The lowest BCUT2D eigenvalue weighted by molar-refractivity contribution is -0.104. The minimum Gasteiger partial charge on any atom is -0.345 e. The molecule has 2 aromatic carbocycles. The summed E-state index contributed by atoms with van der Waals surface area (Å²) in [6.45, 7) is 7.18. The summed E-state index contributed by atoms with van der Waals surface area (Å²) in [5.41, 5.74) is 2.91. The topological polar surface area (TPSA) is 45.6 Å². The summed E-state index contributed by atoms with van der Waals surface area (Å²) >= 11 is 0. The van der Waals surface area contributed by atoms with Crippen molar-refractivity contribution >= 4 is 47.8 Å². The molecule has 1 aromatic heterocycles. The van der Waals surface area contributed by atoms with Crippen molar-refractivity contribution < 1.29 is 9.59 Å². The number of aromatic nitrogens is 1. The Hall–Kier alpha value is -2.18. The number of benzene rings is 2. The molecule has 0 bridgehead atoms. The molecule has 7 heteroatoms. The lowest BCUT2D eigenvalue weighted by atomic mass is 10.1. The number of para-hydroxylation sites is 1. The third-order valence-electron chi connectivity index (χ3n) is 5.84. The highest BCUT2D eigenvalue weighted by Crippen LogP contribution is 2.21. The smallest absolute Gasteiger partial charge is 0.227 e. The van der Waals surface area contributed by atoms with E-state index in [0.29, 0.717) is 11.8 Å². The van der Waals surface area contributed by atoms with Gasteiger partial charge in [0.1, 0.15) is 0 Å². The minimum absolute atomic E-state index is 0. The molecule has 0 amide bonds. The molecule has 1 aliphatic rings. The number of carbonyl (C=O) groups is 2. The maximum Gasteiger partial charge on any atom is 0.227 e. The van der Waals surface area contributed by atoms with E-state index in [9.17, 15) is 9.59 Å². The number of carbonyl (C=O) groups excluding carboxylic acids is 2. The van der Waals surface area contributed by atoms with E-state index < -0.39 is 5.78 Å². The summed E-state index contributed by atoms with van der Waals surface area (Å²) in [7, 11) is 0. The van der Waals surface area contributed by atoms with E-state index in [1.54, 1.807) is 0 Å². The van der Waals surface area contributed by atoms with E-state index in [-0.39, 0.29) is 24.8 Å². The van der Waals surface area contributed by atoms with Crippen molar-refractivity contribution in [3.8, 4) is 0 Å². The fraction of sp³-hybridized carbons (Fsp3) is 0.333. The van der Waals surface area contributed by atoms with Gasteiger partial charge in [-0.15, -0.1) is 24.8 Å². The summed E-state index contributed by atoms with van der Waals surface area (Å²) in [6, 6.07) is 18.5. The molecule has 1 saturated heterocycles. The van der Waals surface area contributed by atoms with Crippen LogP contribution < -0.4 is 0 Å². The molecule has 1 fully saturated rings. The average Bonchev–Trinajstić information content (AvgIpc) is 3.16. The lowest BCUT2D eigenvalue weighted by Gasteiger charge is -2.34. The van der Waals surface area contributed by atoms with Gasteiger partial charge >= 0.3 is 0 Å². The Kier molecular flexibility index (Phi) is 9.72. The summed E-state index contributed by atoms with van der Waals surface area (Å²) in [6.07, 6.45) is 3.34. The zero-order valence-electron chi connectivity index (χ0n) is 17.5. The number of aldehydes is 1. The SMILES string of the molecule is Cl.Cl.O=CC(=O)c1cn(CCN2CCN(CCc3ccccc3)CC2)c2ccccc12. The lowest BCUT2D eigenvalue weighted by Crippen LogP contribution is -2.47. The molecule has 0 N–H and O–H groups in total. The first-order chi connectivity index (χ1) is 14.2. The van der Waals surface area contributed by atoms with E-state index >= 15 is 0 Å². The number of rotatable bonds is 8. The highest BCUT2D eigenvalue weighted by molar-refractivity contribution is 6.36. The van der Waals surface area contributed by atoms with Crippen molar-refractivity contribution in [3.05, 3.63) is 71.9 Å². The van der Waals surface area contributed by atoms with Crippen molar-refractivity contribution in [1.29, 1.82) is 0 Å². The maximum absolute atomic E-state index is 11.9. The van der Waals surface area contributed by atoms with Gasteiger partial charge in [-0.3, -0.25) is 14.5 Å². The first-order valence-electron chi connectivity index (χ1n) is 10.3. The van der Waals surface area contributed by atoms with Crippen LogP contribution in [0.2, 0.25) is 0 Å². The second-order valence-electron chi connectivity index (χ2n) is 7.65. The molecule has 0 atom stereocenters. The molecule has 0 unspecified atom stereocenters. The van der Waals surface area contributed by atoms with Gasteiger partial charge in [-0.05, 0) is 18.1 Å². The second-order valence-corrected chi connectivity index (χ2v) is 7.65. The van der Waals surface area contributed by atoms with E-state index in [1.165, 1.54) is 5.56 Å². The van der Waals surface area contributed by atoms with E-state index in [1.807, 2.05) is 30.5 Å². The molecular formula is C24H29Cl2N3O2. The number of Topliss-reactive ketones (excluding diaryl/α,β-unsaturated/α-hetero) is 1. The number of piperazine rings is 1. The van der Waals surface area contributed by atoms with E-state index in [4.69, 9.17) is 0 Å². The summed E-state index contributed by atoms with van der Waals surface area (Å²) in [5, 5.41) is 0.857. The molecule has 3 aromatic rings. The van der Waals surface area contributed by atoms with Crippen LogP contribution in [0, 0.1) is 0 Å². The molecule has 0 aliphatic carbocycles. The predicted octanol–water partition coefficient (Wildman–Crippen LogP) is 3.73. The van der Waals surface area contributed by atoms with Crippen LogP contribution in [0.1, 0.15) is 15.9 Å². The van der Waals surface area contributed by atoms with Crippen LogP contribution in [0.4, 0.5) is 0 Å². The maximum atomic E-state index is 11.9. The Bertz CT molecular complexity index is 983. The number of fused-ring (bicyclic) bond motifs is 1. The van der Waals surface area contributed by atoms with Crippen LogP contribution >= 0.6 is 24.8 Å². The van der Waals surface area contributed by atoms with Crippen LogP contribution in [0.15, 0.2) is 60.8 Å². The van der Waals surface area contributed by atoms with Gasteiger partial charge in [-0.2, -0.15) is 0 Å². The third kappa shape index (κ3) is 6.17. The fourth-order valence-electron chi connectivity index (χ4n) is 4.11. The third-order valence-corrected chi connectivity index (χ3v) is 5.84. The zero-order valence-corrected chi connectivity index (χ0v) is 19.1. The molecule has 31 heavy (non-hydrogen) atoms. The summed E-state index contributed by atoms with van der Waals surface area (Å²) in [4.78, 5) is 27.9. The van der Waals surface area contributed by atoms with Gasteiger partial charge in [0.25, 0.3) is 0 Å². The highest BCUT2D eigenvalue weighted by atomic mass is 35.5. The highest BCUT2D eigenvalue weighted by Gasteiger charge is 2.18. The normalized spacial score (nSPS) is 14.6. The molecule has 2 heterocycles. The molecule has 5 nitrogen and oxygen atoms in total. The molecule has 4 rings (SSSR count). The van der Waals surface area contributed by atoms with Crippen LogP contribution in [-0.4, -0.2) is 65.7 Å². The Morgan fingerprint density at radius 3 is 2.10 bits per heavy atom. The van der Waals surface area contributed by atoms with Gasteiger partial charge in [-0.25, -0.2) is 0 Å². The van der Waals surface area contributed by atoms with Gasteiger partial charge in [0.05, 0.1) is 5.56 Å². The summed E-state index contributed by atoms with van der Waals surface area (Å²) in [5.74, 6) is -0.452. The predicted molar refractivity (Wildman–Crippen MR) is 130 cm³/mol. The van der Waals surface area contributed by atoms with Gasteiger partial charge in [0.15, 0.2) is 6.29 Å². The van der Waals surface area contributed by atoms with Gasteiger partial charge in [0.2, 0.25) is 5.78 Å². The van der Waals surface area contributed by atoms with E-state index in [2.05, 4.69) is 44.7 Å². The van der Waals surface area contributed by atoms with Crippen molar-refractivity contribution in [1.82, 2.24) is 14.4 Å². The molecule has 0 saturated carbocycles. The quantitative estimate of drug-likeness (QED) is 0.291. The van der Waals surface area contributed by atoms with Crippen LogP contribution in [0.25, 0.3) is 10.9 Å². The van der Waals surface area contributed by atoms with Crippen molar-refractivity contribution in [2.75, 3.05) is 39.3 Å². The first kappa shape index (κ1) is 25.1. The zero-order chi connectivity index (χ0) is 20.1. The Morgan fingerprint density at radius 2 is 1.42 bits per heavy atom. The standard InChI is InChI=1S/C24H27N3O2.2ClH/c28-19-24(29)22-18-27(23-9-5-4-8-21(22)23)17-16-26-14-12-25(13-15-26)11-10-20-6-2-1-3-7-20;;/h1-9,18-19H,10-17H2;2*1H. The van der Waals surface area contributed by atoms with Crippen LogP contribution in [0.5, 0.6) is 0 Å². The first-order valence-corrected chi connectivity index (χ1v) is 10.3. The van der Waals surface area contributed by atoms with Crippen LogP contribution in [0.3, 0.4) is 0 Å². The molecular weight excluding hydrogens is 433 g/mol. The minimum atomic E-state index is -0.452. The monoisotopic (exact) mass is 461 g/mol. The molecule has 0 spiro atoms. The van der Waals surface area contributed by atoms with Gasteiger partial charge in [-0.1, -0.05) is 48.5 Å². The Morgan fingerprint density at radius 1 is 0.806 bits per heavy atom. The number of nitrogens with zero attached hydrogens (tertiary/aromatic N) is 3.